The fourth-order valence-corrected chi connectivity index (χ4v) is 3.27. The number of rotatable bonds is 3. The van der Waals surface area contributed by atoms with Crippen molar-refractivity contribution < 1.29 is 0 Å². The lowest BCUT2D eigenvalue weighted by molar-refractivity contribution is 0.177. The molecule has 4 heteroatoms. The molecule has 0 amide bonds. The van der Waals surface area contributed by atoms with Crippen molar-refractivity contribution in [2.45, 2.75) is 45.7 Å². The number of nitrogens with one attached hydrogen (secondary N) is 1. The first-order valence-electron chi connectivity index (χ1n) is 6.93. The lowest BCUT2D eigenvalue weighted by Crippen LogP contribution is -2.42. The number of hydrogen-bond acceptors (Lipinski definition) is 2. The van der Waals surface area contributed by atoms with Crippen LogP contribution in [0.1, 0.15) is 32.3 Å². The van der Waals surface area contributed by atoms with Crippen molar-refractivity contribution in [1.82, 2.24) is 4.90 Å². The van der Waals surface area contributed by atoms with Gasteiger partial charge in [-0.2, -0.15) is 0 Å². The Labute approximate surface area is 129 Å². The number of benzene rings is 1. The van der Waals surface area contributed by atoms with Gasteiger partial charge in [0.1, 0.15) is 0 Å². The quantitative estimate of drug-likeness (QED) is 0.854. The first-order valence-corrected chi connectivity index (χ1v) is 8.10. The highest BCUT2D eigenvalue weighted by atomic mass is 79.9. The van der Waals surface area contributed by atoms with Crippen molar-refractivity contribution in [3.8, 4) is 0 Å². The fraction of sp³-hybridized carbons (Fsp3) is 0.600. The predicted molar refractivity (Wildman–Crippen MR) is 87.2 cm³/mol. The topological polar surface area (TPSA) is 15.3 Å². The van der Waals surface area contributed by atoms with Gasteiger partial charge in [-0.15, -0.1) is 0 Å². The molecule has 0 atom stereocenters. The van der Waals surface area contributed by atoms with Crippen molar-refractivity contribution in [3.63, 3.8) is 0 Å². The molecule has 1 N–H and O–H groups in total. The molecule has 1 aromatic carbocycles. The summed E-state index contributed by atoms with van der Waals surface area (Å²) in [5, 5.41) is 4.44. The highest BCUT2D eigenvalue weighted by molar-refractivity contribution is 9.10. The fourth-order valence-electron chi connectivity index (χ4n) is 2.54. The van der Waals surface area contributed by atoms with E-state index in [-0.39, 0.29) is 0 Å². The molecule has 1 aliphatic rings. The van der Waals surface area contributed by atoms with E-state index in [0.29, 0.717) is 12.1 Å². The van der Waals surface area contributed by atoms with E-state index in [1.165, 1.54) is 25.9 Å². The van der Waals surface area contributed by atoms with Crippen LogP contribution in [-0.2, 0) is 0 Å². The number of nitrogens with zero attached hydrogens (tertiary/aromatic N) is 1. The zero-order chi connectivity index (χ0) is 14.0. The molecule has 0 spiro atoms. The standard InChI is InChI=1S/C15H22BrClN2/c1-10(2)19-6-4-12(5-7-19)18-15-9-14(17)11(3)8-13(15)16/h8-10,12,18H,4-7H2,1-3H3. The van der Waals surface area contributed by atoms with E-state index in [1.807, 2.05) is 13.0 Å². The summed E-state index contributed by atoms with van der Waals surface area (Å²) in [6.45, 7) is 8.91. The summed E-state index contributed by atoms with van der Waals surface area (Å²) in [5.41, 5.74) is 2.22. The first-order chi connectivity index (χ1) is 8.97. The normalized spacial score (nSPS) is 18.0. The third kappa shape index (κ3) is 3.87. The number of halogens is 2. The molecule has 1 aromatic rings. The summed E-state index contributed by atoms with van der Waals surface area (Å²) < 4.78 is 1.10. The third-order valence-corrected chi connectivity index (χ3v) is 4.93. The number of anilines is 1. The predicted octanol–water partition coefficient (Wildman–Crippen LogP) is 4.70. The summed E-state index contributed by atoms with van der Waals surface area (Å²) >= 11 is 9.81. The van der Waals surface area contributed by atoms with E-state index in [0.717, 1.165) is 20.7 Å². The highest BCUT2D eigenvalue weighted by Crippen LogP contribution is 2.30. The Bertz CT molecular complexity index is 440. The van der Waals surface area contributed by atoms with Crippen LogP contribution < -0.4 is 5.32 Å². The second kappa shape index (κ2) is 6.47. The molecule has 19 heavy (non-hydrogen) atoms. The summed E-state index contributed by atoms with van der Waals surface area (Å²) in [5.74, 6) is 0. The molecule has 0 saturated carbocycles. The van der Waals surface area contributed by atoms with Crippen molar-refractivity contribution in [2.24, 2.45) is 0 Å². The van der Waals surface area contributed by atoms with E-state index in [9.17, 15) is 0 Å². The van der Waals surface area contributed by atoms with Gasteiger partial charge in [-0.25, -0.2) is 0 Å². The molecule has 1 fully saturated rings. The molecule has 0 bridgehead atoms. The molecule has 1 saturated heterocycles. The maximum Gasteiger partial charge on any atom is 0.0501 e. The second-order valence-corrected chi connectivity index (χ2v) is 6.89. The van der Waals surface area contributed by atoms with Crippen LogP contribution in [0, 0.1) is 6.92 Å². The SMILES string of the molecule is Cc1cc(Br)c(NC2CCN(C(C)C)CC2)cc1Cl. The van der Waals surface area contributed by atoms with Crippen LogP contribution in [0.15, 0.2) is 16.6 Å². The molecule has 2 rings (SSSR count). The maximum atomic E-state index is 6.20. The van der Waals surface area contributed by atoms with Crippen LogP contribution in [-0.4, -0.2) is 30.1 Å². The highest BCUT2D eigenvalue weighted by Gasteiger charge is 2.21. The summed E-state index contributed by atoms with van der Waals surface area (Å²) in [4.78, 5) is 2.54. The van der Waals surface area contributed by atoms with Gasteiger partial charge >= 0.3 is 0 Å². The van der Waals surface area contributed by atoms with Crippen LogP contribution in [0.2, 0.25) is 5.02 Å². The number of aryl methyl sites for hydroxylation is 1. The number of hydrogen-bond donors (Lipinski definition) is 1. The van der Waals surface area contributed by atoms with Crippen LogP contribution in [0.4, 0.5) is 5.69 Å². The molecular formula is C15H22BrClN2. The minimum atomic E-state index is 0.546. The van der Waals surface area contributed by atoms with Gasteiger partial charge in [-0.3, -0.25) is 0 Å². The minimum Gasteiger partial charge on any atom is -0.381 e. The van der Waals surface area contributed by atoms with Gasteiger partial charge in [-0.05, 0) is 67.2 Å². The van der Waals surface area contributed by atoms with E-state index in [2.05, 4.69) is 46.1 Å². The molecule has 1 heterocycles. The molecule has 0 unspecified atom stereocenters. The van der Waals surface area contributed by atoms with Crippen LogP contribution in [0.3, 0.4) is 0 Å². The monoisotopic (exact) mass is 344 g/mol. The average molecular weight is 346 g/mol. The van der Waals surface area contributed by atoms with Gasteiger partial charge < -0.3 is 10.2 Å². The molecule has 106 valence electrons. The minimum absolute atomic E-state index is 0.546. The van der Waals surface area contributed by atoms with Gasteiger partial charge in [-0.1, -0.05) is 11.6 Å². The average Bonchev–Trinajstić information content (AvgIpc) is 2.36. The Hall–Kier alpha value is -0.250. The Balaban J connectivity index is 1.98. The molecule has 0 aromatic heterocycles. The van der Waals surface area contributed by atoms with E-state index in [4.69, 9.17) is 11.6 Å². The zero-order valence-corrected chi connectivity index (χ0v) is 14.2. The Morgan fingerprint density at radius 3 is 2.53 bits per heavy atom. The lowest BCUT2D eigenvalue weighted by atomic mass is 10.0. The van der Waals surface area contributed by atoms with E-state index >= 15 is 0 Å². The van der Waals surface area contributed by atoms with Crippen LogP contribution in [0.5, 0.6) is 0 Å². The molecule has 0 radical (unpaired) electrons. The van der Waals surface area contributed by atoms with E-state index in [1.54, 1.807) is 0 Å². The van der Waals surface area contributed by atoms with Crippen LogP contribution >= 0.6 is 27.5 Å². The van der Waals surface area contributed by atoms with Crippen LogP contribution in [0.25, 0.3) is 0 Å². The summed E-state index contributed by atoms with van der Waals surface area (Å²) in [6.07, 6.45) is 2.38. The Morgan fingerprint density at radius 2 is 1.95 bits per heavy atom. The number of likely N-dealkylation sites (tertiary alicyclic amines) is 1. The van der Waals surface area contributed by atoms with Crippen molar-refractivity contribution in [2.75, 3.05) is 18.4 Å². The van der Waals surface area contributed by atoms with Gasteiger partial charge in [0.2, 0.25) is 0 Å². The summed E-state index contributed by atoms with van der Waals surface area (Å²) in [6, 6.07) is 5.30. The Kier molecular flexibility index (Phi) is 5.15. The van der Waals surface area contributed by atoms with Gasteiger partial charge in [0.05, 0.1) is 5.69 Å². The zero-order valence-electron chi connectivity index (χ0n) is 11.8. The smallest absolute Gasteiger partial charge is 0.0501 e. The van der Waals surface area contributed by atoms with Gasteiger partial charge in [0.25, 0.3) is 0 Å². The van der Waals surface area contributed by atoms with Crippen molar-refractivity contribution in [1.29, 1.82) is 0 Å². The Morgan fingerprint density at radius 1 is 1.32 bits per heavy atom. The number of piperidine rings is 1. The van der Waals surface area contributed by atoms with E-state index < -0.39 is 0 Å². The first kappa shape index (κ1) is 15.1. The lowest BCUT2D eigenvalue weighted by Gasteiger charge is -2.35. The largest absolute Gasteiger partial charge is 0.381 e. The molecule has 0 aliphatic carbocycles. The van der Waals surface area contributed by atoms with Crippen molar-refractivity contribution >= 4 is 33.2 Å². The van der Waals surface area contributed by atoms with Crippen molar-refractivity contribution in [3.05, 3.63) is 27.2 Å². The maximum absolute atomic E-state index is 6.20. The molecular weight excluding hydrogens is 324 g/mol. The summed E-state index contributed by atoms with van der Waals surface area (Å²) in [7, 11) is 0. The third-order valence-electron chi connectivity index (χ3n) is 3.87. The van der Waals surface area contributed by atoms with Gasteiger partial charge in [0.15, 0.2) is 0 Å². The van der Waals surface area contributed by atoms with Gasteiger partial charge in [0, 0.05) is 34.7 Å². The molecule has 2 nitrogen and oxygen atoms in total. The molecule has 1 aliphatic heterocycles. The second-order valence-electron chi connectivity index (χ2n) is 5.63.